The van der Waals surface area contributed by atoms with Crippen molar-refractivity contribution in [3.05, 3.63) is 28.8 Å². The first-order valence-corrected chi connectivity index (χ1v) is 7.06. The molecule has 1 amide bonds. The maximum absolute atomic E-state index is 12.4. The van der Waals surface area contributed by atoms with E-state index in [0.717, 1.165) is 19.4 Å². The Morgan fingerprint density at radius 3 is 2.95 bits per heavy atom. The van der Waals surface area contributed by atoms with E-state index in [1.165, 1.54) is 0 Å². The Morgan fingerprint density at radius 2 is 2.30 bits per heavy atom. The third-order valence-corrected chi connectivity index (χ3v) is 4.07. The summed E-state index contributed by atoms with van der Waals surface area (Å²) >= 11 is 5.88. The molecule has 1 saturated heterocycles. The molecule has 0 aromatic heterocycles. The van der Waals surface area contributed by atoms with Crippen LogP contribution in [0.15, 0.2) is 18.2 Å². The van der Waals surface area contributed by atoms with Crippen LogP contribution in [-0.2, 0) is 4.79 Å². The number of rotatable bonds is 2. The van der Waals surface area contributed by atoms with Crippen LogP contribution < -0.4 is 10.6 Å². The summed E-state index contributed by atoms with van der Waals surface area (Å²) in [5.41, 5.74) is 0.881. The van der Waals surface area contributed by atoms with Crippen molar-refractivity contribution in [1.29, 1.82) is 5.26 Å². The van der Waals surface area contributed by atoms with Crippen LogP contribution in [0.1, 0.15) is 32.3 Å². The van der Waals surface area contributed by atoms with E-state index in [1.54, 1.807) is 18.2 Å². The number of nitrogens with one attached hydrogen (secondary N) is 2. The first kappa shape index (κ1) is 14.8. The van der Waals surface area contributed by atoms with Gasteiger partial charge in [-0.15, -0.1) is 0 Å². The average molecular weight is 292 g/mol. The molecule has 0 spiro atoms. The summed E-state index contributed by atoms with van der Waals surface area (Å²) in [6.07, 6.45) is 2.10. The Morgan fingerprint density at radius 1 is 1.55 bits per heavy atom. The van der Waals surface area contributed by atoms with Crippen molar-refractivity contribution in [1.82, 2.24) is 5.32 Å². The minimum atomic E-state index is -0.225. The third kappa shape index (κ3) is 3.12. The van der Waals surface area contributed by atoms with Gasteiger partial charge in [0.2, 0.25) is 5.91 Å². The summed E-state index contributed by atoms with van der Waals surface area (Å²) in [6.45, 7) is 5.03. The number of anilines is 1. The van der Waals surface area contributed by atoms with Gasteiger partial charge in [0.25, 0.3) is 0 Å². The largest absolute Gasteiger partial charge is 0.325 e. The molecule has 0 radical (unpaired) electrons. The van der Waals surface area contributed by atoms with Crippen molar-refractivity contribution in [2.75, 3.05) is 11.9 Å². The molecule has 106 valence electrons. The minimum Gasteiger partial charge on any atom is -0.325 e. The second-order valence-corrected chi connectivity index (χ2v) is 6.18. The van der Waals surface area contributed by atoms with Crippen molar-refractivity contribution in [3.63, 3.8) is 0 Å². The lowest BCUT2D eigenvalue weighted by molar-refractivity contribution is -0.121. The summed E-state index contributed by atoms with van der Waals surface area (Å²) in [4.78, 5) is 12.4. The zero-order valence-electron chi connectivity index (χ0n) is 11.7. The average Bonchev–Trinajstić information content (AvgIpc) is 2.40. The van der Waals surface area contributed by atoms with Crippen LogP contribution in [0, 0.1) is 16.7 Å². The Hall–Kier alpha value is -1.57. The quantitative estimate of drug-likeness (QED) is 0.880. The van der Waals surface area contributed by atoms with Crippen molar-refractivity contribution < 1.29 is 4.79 Å². The number of carbonyl (C=O) groups is 1. The van der Waals surface area contributed by atoms with E-state index in [9.17, 15) is 4.79 Å². The molecule has 2 rings (SSSR count). The van der Waals surface area contributed by atoms with Gasteiger partial charge in [0.1, 0.15) is 6.07 Å². The molecule has 5 heteroatoms. The van der Waals surface area contributed by atoms with Crippen LogP contribution in [-0.4, -0.2) is 18.5 Å². The number of piperidine rings is 1. The molecule has 0 saturated carbocycles. The lowest BCUT2D eigenvalue weighted by Gasteiger charge is -2.38. The maximum Gasteiger partial charge on any atom is 0.242 e. The molecule has 1 aliphatic heterocycles. The molecular weight excluding hydrogens is 274 g/mol. The van der Waals surface area contributed by atoms with Crippen molar-refractivity contribution in [3.8, 4) is 6.07 Å². The van der Waals surface area contributed by atoms with Crippen LogP contribution >= 0.6 is 11.6 Å². The first-order chi connectivity index (χ1) is 9.44. The van der Waals surface area contributed by atoms with Gasteiger partial charge in [0.15, 0.2) is 0 Å². The molecule has 0 bridgehead atoms. The van der Waals surface area contributed by atoms with E-state index in [0.29, 0.717) is 16.3 Å². The predicted octanol–water partition coefficient (Wildman–Crippen LogP) is 2.93. The maximum atomic E-state index is 12.4. The summed E-state index contributed by atoms with van der Waals surface area (Å²) in [7, 11) is 0. The fraction of sp³-hybridized carbons (Fsp3) is 0.467. The molecule has 1 aliphatic rings. The molecule has 4 nitrogen and oxygen atoms in total. The molecule has 1 fully saturated rings. The molecule has 20 heavy (non-hydrogen) atoms. The van der Waals surface area contributed by atoms with Crippen LogP contribution in [0.3, 0.4) is 0 Å². The van der Waals surface area contributed by atoms with E-state index in [1.807, 2.05) is 6.07 Å². The van der Waals surface area contributed by atoms with Gasteiger partial charge in [0, 0.05) is 5.69 Å². The van der Waals surface area contributed by atoms with Gasteiger partial charge >= 0.3 is 0 Å². The Labute approximate surface area is 124 Å². The van der Waals surface area contributed by atoms with Gasteiger partial charge in [-0.25, -0.2) is 0 Å². The summed E-state index contributed by atoms with van der Waals surface area (Å²) in [6, 6.07) is 6.70. The number of nitrogens with zero attached hydrogens (tertiary/aromatic N) is 1. The number of carbonyl (C=O) groups excluding carboxylic acids is 1. The van der Waals surface area contributed by atoms with Gasteiger partial charge in [-0.3, -0.25) is 4.79 Å². The number of nitriles is 1. The third-order valence-electron chi connectivity index (χ3n) is 3.74. The normalized spacial score (nSPS) is 21.0. The van der Waals surface area contributed by atoms with Gasteiger partial charge < -0.3 is 10.6 Å². The zero-order valence-corrected chi connectivity index (χ0v) is 12.4. The van der Waals surface area contributed by atoms with E-state index >= 15 is 0 Å². The second-order valence-electron chi connectivity index (χ2n) is 5.77. The molecule has 1 atom stereocenters. The fourth-order valence-corrected chi connectivity index (χ4v) is 2.72. The van der Waals surface area contributed by atoms with E-state index in [2.05, 4.69) is 24.5 Å². The zero-order chi connectivity index (χ0) is 14.8. The Balaban J connectivity index is 2.14. The highest BCUT2D eigenvalue weighted by Crippen LogP contribution is 2.31. The summed E-state index contributed by atoms with van der Waals surface area (Å²) in [5.74, 6) is -0.0686. The van der Waals surface area contributed by atoms with E-state index in [-0.39, 0.29) is 17.4 Å². The molecule has 1 unspecified atom stereocenters. The molecule has 1 aromatic rings. The SMILES string of the molecule is CC1(C)CCCNC1C(=O)Nc1ccc(Cl)c(C#N)c1. The van der Waals surface area contributed by atoms with E-state index < -0.39 is 0 Å². The standard InChI is InChI=1S/C15H18ClN3O/c1-15(2)6-3-7-18-13(15)14(20)19-11-4-5-12(16)10(8-11)9-17/h4-5,8,13,18H,3,6-7H2,1-2H3,(H,19,20). The predicted molar refractivity (Wildman–Crippen MR) is 79.6 cm³/mol. The van der Waals surface area contributed by atoms with Gasteiger partial charge in [-0.05, 0) is 43.0 Å². The number of halogens is 1. The highest BCUT2D eigenvalue weighted by molar-refractivity contribution is 6.31. The lowest BCUT2D eigenvalue weighted by Crippen LogP contribution is -2.53. The van der Waals surface area contributed by atoms with Crippen LogP contribution in [0.25, 0.3) is 0 Å². The number of amides is 1. The van der Waals surface area contributed by atoms with Crippen LogP contribution in [0.2, 0.25) is 5.02 Å². The minimum absolute atomic E-state index is 0.0686. The lowest BCUT2D eigenvalue weighted by atomic mass is 9.77. The number of hydrogen-bond donors (Lipinski definition) is 2. The van der Waals surface area contributed by atoms with Crippen molar-refractivity contribution in [2.24, 2.45) is 5.41 Å². The summed E-state index contributed by atoms with van der Waals surface area (Å²) in [5, 5.41) is 15.5. The highest BCUT2D eigenvalue weighted by atomic mass is 35.5. The fourth-order valence-electron chi connectivity index (χ4n) is 2.56. The number of hydrogen-bond acceptors (Lipinski definition) is 3. The second kappa shape index (κ2) is 5.82. The van der Waals surface area contributed by atoms with E-state index in [4.69, 9.17) is 16.9 Å². The molecule has 1 aromatic carbocycles. The van der Waals surface area contributed by atoms with Crippen molar-refractivity contribution >= 4 is 23.2 Å². The Kier molecular flexibility index (Phi) is 4.32. The van der Waals surface area contributed by atoms with Gasteiger partial charge in [0.05, 0.1) is 16.6 Å². The molecule has 0 aliphatic carbocycles. The summed E-state index contributed by atoms with van der Waals surface area (Å²) < 4.78 is 0. The molecule has 1 heterocycles. The van der Waals surface area contributed by atoms with Crippen molar-refractivity contribution in [2.45, 2.75) is 32.7 Å². The van der Waals surface area contributed by atoms with Crippen LogP contribution in [0.4, 0.5) is 5.69 Å². The Bertz CT molecular complexity index is 563. The van der Waals surface area contributed by atoms with Gasteiger partial charge in [-0.2, -0.15) is 5.26 Å². The van der Waals surface area contributed by atoms with Crippen LogP contribution in [0.5, 0.6) is 0 Å². The smallest absolute Gasteiger partial charge is 0.242 e. The monoisotopic (exact) mass is 291 g/mol. The highest BCUT2D eigenvalue weighted by Gasteiger charge is 2.37. The van der Waals surface area contributed by atoms with Gasteiger partial charge in [-0.1, -0.05) is 25.4 Å². The topological polar surface area (TPSA) is 64.9 Å². The first-order valence-electron chi connectivity index (χ1n) is 6.68. The molecule has 2 N–H and O–H groups in total. The number of benzene rings is 1. The molecular formula is C15H18ClN3O.